The maximum absolute atomic E-state index is 12.1. The minimum absolute atomic E-state index is 0.000892. The number of aliphatic carboxylic acids is 1. The van der Waals surface area contributed by atoms with Crippen molar-refractivity contribution in [3.05, 3.63) is 47.5 Å². The van der Waals surface area contributed by atoms with E-state index >= 15 is 0 Å². The summed E-state index contributed by atoms with van der Waals surface area (Å²) < 4.78 is 0. The zero-order valence-electron chi connectivity index (χ0n) is 15.8. The Morgan fingerprint density at radius 3 is 1.80 bits per heavy atom. The van der Waals surface area contributed by atoms with Crippen LogP contribution >= 0.6 is 0 Å². The van der Waals surface area contributed by atoms with Gasteiger partial charge in [0.05, 0.1) is 0 Å². The maximum Gasteiger partial charge on any atom is 0.326 e. The lowest BCUT2D eigenvalue weighted by Crippen LogP contribution is -2.40. The lowest BCUT2D eigenvalue weighted by Gasteiger charge is -2.15. The molecule has 0 aliphatic carbocycles. The number of phenols is 4. The molecule has 0 radical (unpaired) electrons. The van der Waals surface area contributed by atoms with Gasteiger partial charge >= 0.3 is 5.97 Å². The fourth-order valence-electron chi connectivity index (χ4n) is 2.61. The second-order valence-electron chi connectivity index (χ2n) is 6.52. The number of benzene rings is 2. The van der Waals surface area contributed by atoms with Crippen LogP contribution in [0, 0.1) is 0 Å². The van der Waals surface area contributed by atoms with Gasteiger partial charge in [0.2, 0.25) is 0 Å². The first kappa shape index (κ1) is 22.3. The summed E-state index contributed by atoms with van der Waals surface area (Å²) in [6, 6.07) is 5.90. The van der Waals surface area contributed by atoms with Crippen LogP contribution in [-0.2, 0) is 4.79 Å². The van der Waals surface area contributed by atoms with Crippen LogP contribution in [0.4, 0.5) is 0 Å². The Labute approximate surface area is 171 Å². The number of carboxylic acid groups (broad SMARTS) is 1. The summed E-state index contributed by atoms with van der Waals surface area (Å²) in [6.45, 7) is 0.243. The van der Waals surface area contributed by atoms with Gasteiger partial charge in [-0.1, -0.05) is 0 Å². The fourth-order valence-corrected chi connectivity index (χ4v) is 2.61. The highest BCUT2D eigenvalue weighted by molar-refractivity contribution is 5.97. The van der Waals surface area contributed by atoms with E-state index in [4.69, 9.17) is 0 Å². The molecule has 0 saturated carbocycles. The quantitative estimate of drug-likeness (QED) is 0.235. The van der Waals surface area contributed by atoms with Crippen LogP contribution in [0.25, 0.3) is 0 Å². The molecule has 0 unspecified atom stereocenters. The molecule has 0 heterocycles. The lowest BCUT2D eigenvalue weighted by atomic mass is 10.1. The monoisotopic (exact) mass is 418 g/mol. The molecule has 0 aromatic heterocycles. The van der Waals surface area contributed by atoms with E-state index in [2.05, 4.69) is 10.6 Å². The highest BCUT2D eigenvalue weighted by atomic mass is 16.4. The van der Waals surface area contributed by atoms with Crippen molar-refractivity contribution in [2.45, 2.75) is 25.3 Å². The van der Waals surface area contributed by atoms with Crippen molar-refractivity contribution in [1.29, 1.82) is 0 Å². The van der Waals surface area contributed by atoms with Crippen LogP contribution in [0.3, 0.4) is 0 Å². The third kappa shape index (κ3) is 6.03. The van der Waals surface area contributed by atoms with Gasteiger partial charge in [0.15, 0.2) is 23.0 Å². The molecule has 0 fully saturated rings. The molecule has 0 aliphatic rings. The first-order valence-corrected chi connectivity index (χ1v) is 9.05. The van der Waals surface area contributed by atoms with Crippen molar-refractivity contribution < 1.29 is 39.9 Å². The molecule has 2 aromatic carbocycles. The van der Waals surface area contributed by atoms with E-state index in [1.54, 1.807) is 0 Å². The molecule has 10 nitrogen and oxygen atoms in total. The van der Waals surface area contributed by atoms with Crippen LogP contribution < -0.4 is 10.6 Å². The van der Waals surface area contributed by atoms with Crippen molar-refractivity contribution in [3.63, 3.8) is 0 Å². The van der Waals surface area contributed by atoms with Gasteiger partial charge < -0.3 is 36.2 Å². The van der Waals surface area contributed by atoms with E-state index in [0.29, 0.717) is 12.8 Å². The summed E-state index contributed by atoms with van der Waals surface area (Å²) >= 11 is 0. The van der Waals surface area contributed by atoms with Gasteiger partial charge in [0, 0.05) is 17.7 Å². The molecular formula is C20H22N2O8. The zero-order chi connectivity index (χ0) is 22.3. The number of phenolic OH excluding ortho intramolecular Hbond substituents is 4. The normalized spacial score (nSPS) is 11.5. The van der Waals surface area contributed by atoms with Crippen molar-refractivity contribution in [3.8, 4) is 23.0 Å². The number of amides is 2. The maximum atomic E-state index is 12.1. The topological polar surface area (TPSA) is 176 Å². The van der Waals surface area contributed by atoms with E-state index in [-0.39, 0.29) is 29.8 Å². The summed E-state index contributed by atoms with van der Waals surface area (Å²) in [6.07, 6.45) is 0.940. The number of unbranched alkanes of at least 4 members (excludes halogenated alkanes) is 1. The van der Waals surface area contributed by atoms with E-state index in [1.807, 2.05) is 0 Å². The number of carbonyl (C=O) groups excluding carboxylic acids is 2. The molecule has 1 atom stereocenters. The Morgan fingerprint density at radius 2 is 1.30 bits per heavy atom. The second kappa shape index (κ2) is 10.0. The van der Waals surface area contributed by atoms with Crippen LogP contribution in [-0.4, -0.2) is 55.9 Å². The third-order valence-corrected chi connectivity index (χ3v) is 4.28. The smallest absolute Gasteiger partial charge is 0.326 e. The minimum Gasteiger partial charge on any atom is -0.504 e. The number of hydrogen-bond acceptors (Lipinski definition) is 7. The fraction of sp³-hybridized carbons (Fsp3) is 0.250. The molecule has 2 aromatic rings. The average Bonchev–Trinajstić information content (AvgIpc) is 2.70. The van der Waals surface area contributed by atoms with Crippen LogP contribution in [0.5, 0.6) is 23.0 Å². The van der Waals surface area contributed by atoms with Gasteiger partial charge in [-0.2, -0.15) is 0 Å². The molecule has 10 heteroatoms. The van der Waals surface area contributed by atoms with Gasteiger partial charge in [-0.3, -0.25) is 9.59 Å². The Morgan fingerprint density at radius 1 is 0.767 bits per heavy atom. The first-order chi connectivity index (χ1) is 14.2. The van der Waals surface area contributed by atoms with Crippen molar-refractivity contribution in [1.82, 2.24) is 10.6 Å². The molecule has 0 bridgehead atoms. The summed E-state index contributed by atoms with van der Waals surface area (Å²) in [5, 5.41) is 51.6. The zero-order valence-corrected chi connectivity index (χ0v) is 15.8. The van der Waals surface area contributed by atoms with Crippen molar-refractivity contribution >= 4 is 17.8 Å². The molecule has 2 rings (SSSR count). The van der Waals surface area contributed by atoms with Gasteiger partial charge in [-0.15, -0.1) is 0 Å². The number of carboxylic acids is 1. The number of carbonyl (C=O) groups is 3. The average molecular weight is 418 g/mol. The molecule has 30 heavy (non-hydrogen) atoms. The van der Waals surface area contributed by atoms with Gasteiger partial charge in [0.25, 0.3) is 11.8 Å². The van der Waals surface area contributed by atoms with Gasteiger partial charge in [-0.25, -0.2) is 4.79 Å². The standard InChI is InChI=1S/C20H22N2O8/c23-14-6-4-11(9-16(14)25)18(27)21-8-2-1-3-13(20(29)30)22-19(28)12-5-7-15(24)17(26)10-12/h4-7,9-10,13,23-26H,1-3,8H2,(H,21,27)(H,22,28)(H,29,30)/t13-/m0/s1. The predicted octanol–water partition coefficient (Wildman–Crippen LogP) is 1.29. The molecule has 0 spiro atoms. The summed E-state index contributed by atoms with van der Waals surface area (Å²) in [7, 11) is 0. The van der Waals surface area contributed by atoms with E-state index in [0.717, 1.165) is 18.2 Å². The Kier molecular flexibility index (Phi) is 7.45. The van der Waals surface area contributed by atoms with Crippen LogP contribution in [0.2, 0.25) is 0 Å². The molecule has 2 amide bonds. The number of rotatable bonds is 9. The Bertz CT molecular complexity index is 944. The highest BCUT2D eigenvalue weighted by Gasteiger charge is 2.21. The summed E-state index contributed by atoms with van der Waals surface area (Å²) in [5.41, 5.74) is 0.166. The molecule has 7 N–H and O–H groups in total. The third-order valence-electron chi connectivity index (χ3n) is 4.28. The molecule has 160 valence electrons. The second-order valence-corrected chi connectivity index (χ2v) is 6.52. The number of aromatic hydroxyl groups is 4. The molecule has 0 aliphatic heterocycles. The van der Waals surface area contributed by atoms with E-state index in [9.17, 15) is 39.9 Å². The number of nitrogens with one attached hydrogen (secondary N) is 2. The van der Waals surface area contributed by atoms with E-state index < -0.39 is 41.1 Å². The lowest BCUT2D eigenvalue weighted by molar-refractivity contribution is -0.139. The largest absolute Gasteiger partial charge is 0.504 e. The Balaban J connectivity index is 1.79. The first-order valence-electron chi connectivity index (χ1n) is 9.05. The van der Waals surface area contributed by atoms with E-state index in [1.165, 1.54) is 18.2 Å². The summed E-state index contributed by atoms with van der Waals surface area (Å²) in [4.78, 5) is 35.5. The molecule has 0 saturated heterocycles. The predicted molar refractivity (Wildman–Crippen MR) is 105 cm³/mol. The van der Waals surface area contributed by atoms with Gasteiger partial charge in [-0.05, 0) is 55.7 Å². The highest BCUT2D eigenvalue weighted by Crippen LogP contribution is 2.25. The minimum atomic E-state index is -1.23. The van der Waals surface area contributed by atoms with Crippen LogP contribution in [0.1, 0.15) is 40.0 Å². The van der Waals surface area contributed by atoms with Crippen LogP contribution in [0.15, 0.2) is 36.4 Å². The summed E-state index contributed by atoms with van der Waals surface area (Å²) in [5.74, 6) is -4.04. The Hall–Kier alpha value is -3.95. The SMILES string of the molecule is O=C(NCCCC[C@H](NC(=O)c1ccc(O)c(O)c1)C(=O)O)c1ccc(O)c(O)c1. The van der Waals surface area contributed by atoms with Gasteiger partial charge in [0.1, 0.15) is 6.04 Å². The van der Waals surface area contributed by atoms with Crippen molar-refractivity contribution in [2.24, 2.45) is 0 Å². The molecular weight excluding hydrogens is 396 g/mol. The number of hydrogen-bond donors (Lipinski definition) is 7. The van der Waals surface area contributed by atoms with Crippen molar-refractivity contribution in [2.75, 3.05) is 6.54 Å².